The van der Waals surface area contributed by atoms with E-state index >= 15 is 0 Å². The number of hydrogen-bond donors (Lipinski definition) is 2. The molecule has 1 aromatic carbocycles. The molecule has 0 radical (unpaired) electrons. The average molecular weight is 424 g/mol. The topological polar surface area (TPSA) is 112 Å². The van der Waals surface area contributed by atoms with E-state index in [0.717, 1.165) is 17.9 Å². The molecule has 1 aliphatic heterocycles. The molecule has 1 atom stereocenters. The van der Waals surface area contributed by atoms with Crippen molar-refractivity contribution in [2.24, 2.45) is 16.1 Å². The third kappa shape index (κ3) is 9.99. The molecule has 3 N–H and O–H groups in total. The Morgan fingerprint density at radius 1 is 0.933 bits per heavy atom. The van der Waals surface area contributed by atoms with Crippen molar-refractivity contribution in [1.82, 2.24) is 10.5 Å². The molecule has 1 heterocycles. The highest BCUT2D eigenvalue weighted by Crippen LogP contribution is 2.18. The molecule has 0 amide bonds. The lowest BCUT2D eigenvalue weighted by atomic mass is 10.2. The van der Waals surface area contributed by atoms with Crippen molar-refractivity contribution in [1.29, 1.82) is 0 Å². The van der Waals surface area contributed by atoms with Gasteiger partial charge in [0, 0.05) is 13.7 Å². The van der Waals surface area contributed by atoms with E-state index in [2.05, 4.69) is 15.9 Å². The number of likely N-dealkylation sites (N-methyl/N-ethyl adjacent to an activating group) is 1. The van der Waals surface area contributed by atoms with E-state index in [1.165, 1.54) is 0 Å². The van der Waals surface area contributed by atoms with Gasteiger partial charge >= 0.3 is 0 Å². The summed E-state index contributed by atoms with van der Waals surface area (Å²) in [6.07, 6.45) is 2.18. The second kappa shape index (κ2) is 15.6. The molecule has 2 rings (SSSR count). The highest BCUT2D eigenvalue weighted by Gasteiger charge is 2.22. The predicted molar refractivity (Wildman–Crippen MR) is 112 cm³/mol. The summed E-state index contributed by atoms with van der Waals surface area (Å²) >= 11 is 0. The van der Waals surface area contributed by atoms with Crippen molar-refractivity contribution >= 4 is 0 Å². The molecule has 168 valence electrons. The van der Waals surface area contributed by atoms with Crippen LogP contribution in [-0.2, 0) is 18.9 Å². The summed E-state index contributed by atoms with van der Waals surface area (Å²) in [4.78, 5) is 0. The highest BCUT2D eigenvalue weighted by molar-refractivity contribution is 5.23. The number of rotatable bonds is 17. The van der Waals surface area contributed by atoms with Crippen molar-refractivity contribution in [2.75, 3.05) is 66.4 Å². The first-order valence-corrected chi connectivity index (χ1v) is 10.1. The monoisotopic (exact) mass is 423 g/mol. The Kier molecular flexibility index (Phi) is 12.5. The van der Waals surface area contributed by atoms with Crippen LogP contribution in [0.2, 0.25) is 0 Å². The Labute approximate surface area is 177 Å². The summed E-state index contributed by atoms with van der Waals surface area (Å²) in [6, 6.07) is 9.59. The molecule has 0 spiro atoms. The van der Waals surface area contributed by atoms with Gasteiger partial charge in [-0.15, -0.1) is 5.11 Å². The first-order chi connectivity index (χ1) is 14.8. The van der Waals surface area contributed by atoms with Crippen LogP contribution in [0.1, 0.15) is 6.42 Å². The summed E-state index contributed by atoms with van der Waals surface area (Å²) in [5.41, 5.74) is 8.99. The SMILES string of the molecule is CN1NN=NC=C1C(COCCOCCOCCOCCCN)Oc1ccccc1. The molecule has 1 aliphatic rings. The van der Waals surface area contributed by atoms with Gasteiger partial charge in [-0.25, -0.2) is 0 Å². The highest BCUT2D eigenvalue weighted by atomic mass is 16.6. The van der Waals surface area contributed by atoms with Crippen LogP contribution in [0.25, 0.3) is 0 Å². The van der Waals surface area contributed by atoms with Crippen LogP contribution in [0.3, 0.4) is 0 Å². The third-order valence-electron chi connectivity index (χ3n) is 4.06. The molecule has 30 heavy (non-hydrogen) atoms. The lowest BCUT2D eigenvalue weighted by Crippen LogP contribution is -2.40. The van der Waals surface area contributed by atoms with Crippen molar-refractivity contribution < 1.29 is 23.7 Å². The van der Waals surface area contributed by atoms with Gasteiger partial charge < -0.3 is 29.4 Å². The van der Waals surface area contributed by atoms with Crippen molar-refractivity contribution in [2.45, 2.75) is 12.5 Å². The summed E-state index contributed by atoms with van der Waals surface area (Å²) in [6.45, 7) is 4.75. The molecule has 0 fully saturated rings. The summed E-state index contributed by atoms with van der Waals surface area (Å²) in [5, 5.41) is 9.41. The van der Waals surface area contributed by atoms with Crippen LogP contribution >= 0.6 is 0 Å². The lowest BCUT2D eigenvalue weighted by molar-refractivity contribution is -0.0128. The van der Waals surface area contributed by atoms with E-state index in [0.29, 0.717) is 59.4 Å². The minimum Gasteiger partial charge on any atom is -0.482 e. The van der Waals surface area contributed by atoms with Crippen LogP contribution in [0.4, 0.5) is 0 Å². The van der Waals surface area contributed by atoms with E-state index in [-0.39, 0.29) is 6.10 Å². The third-order valence-corrected chi connectivity index (χ3v) is 4.06. The zero-order valence-electron chi connectivity index (χ0n) is 17.6. The second-order valence-corrected chi connectivity index (χ2v) is 6.40. The Hall–Kier alpha value is -2.24. The summed E-state index contributed by atoms with van der Waals surface area (Å²) < 4.78 is 28.2. The maximum atomic E-state index is 6.08. The Bertz CT molecular complexity index is 617. The van der Waals surface area contributed by atoms with Gasteiger partial charge in [0.05, 0.1) is 58.1 Å². The van der Waals surface area contributed by atoms with E-state index in [1.54, 1.807) is 11.2 Å². The number of nitrogens with two attached hydrogens (primary N) is 1. The zero-order chi connectivity index (χ0) is 21.3. The van der Waals surface area contributed by atoms with Gasteiger partial charge in [-0.1, -0.05) is 23.4 Å². The number of hydrogen-bond acceptors (Lipinski definition) is 10. The summed E-state index contributed by atoms with van der Waals surface area (Å²) in [5.74, 6) is 0.753. The first-order valence-electron chi connectivity index (χ1n) is 10.1. The molecule has 0 bridgehead atoms. The van der Waals surface area contributed by atoms with Gasteiger partial charge in [0.1, 0.15) is 5.75 Å². The van der Waals surface area contributed by atoms with Crippen molar-refractivity contribution in [3.8, 4) is 5.75 Å². The smallest absolute Gasteiger partial charge is 0.165 e. The zero-order valence-corrected chi connectivity index (χ0v) is 17.6. The quantitative estimate of drug-likeness (QED) is 0.363. The van der Waals surface area contributed by atoms with E-state index < -0.39 is 0 Å². The molecule has 10 nitrogen and oxygen atoms in total. The summed E-state index contributed by atoms with van der Waals surface area (Å²) in [7, 11) is 1.84. The van der Waals surface area contributed by atoms with Crippen LogP contribution in [0.15, 0.2) is 52.6 Å². The van der Waals surface area contributed by atoms with E-state index in [9.17, 15) is 0 Å². The van der Waals surface area contributed by atoms with Gasteiger partial charge in [0.25, 0.3) is 0 Å². The van der Waals surface area contributed by atoms with E-state index in [1.807, 2.05) is 37.4 Å². The molecule has 10 heteroatoms. The molecule has 1 aromatic rings. The number of benzene rings is 1. The molecule has 0 saturated heterocycles. The predicted octanol–water partition coefficient (Wildman–Crippen LogP) is 1.51. The fourth-order valence-electron chi connectivity index (χ4n) is 2.50. The molecule has 0 aromatic heterocycles. The number of para-hydroxylation sites is 1. The average Bonchev–Trinajstić information content (AvgIpc) is 2.77. The minimum atomic E-state index is -0.341. The Balaban J connectivity index is 1.59. The standard InChI is InChI=1S/C20H33N5O5/c1-25-19(16-22-23-24-25)20(30-18-6-3-2-4-7-18)17-29-15-14-28-13-12-27-11-10-26-9-5-8-21/h2-4,6-7,16,20H,5,8-15,17,21H2,1H3,(H,22,24). The maximum Gasteiger partial charge on any atom is 0.165 e. The van der Waals surface area contributed by atoms with Crippen LogP contribution in [0.5, 0.6) is 5.75 Å². The minimum absolute atomic E-state index is 0.341. The second-order valence-electron chi connectivity index (χ2n) is 6.40. The fourth-order valence-corrected chi connectivity index (χ4v) is 2.50. The Morgan fingerprint density at radius 2 is 1.57 bits per heavy atom. The molecule has 0 saturated carbocycles. The van der Waals surface area contributed by atoms with Crippen LogP contribution < -0.4 is 16.0 Å². The van der Waals surface area contributed by atoms with Gasteiger partial charge in [0.2, 0.25) is 0 Å². The lowest BCUT2D eigenvalue weighted by Gasteiger charge is -2.29. The van der Waals surface area contributed by atoms with Crippen LogP contribution in [-0.4, -0.2) is 77.6 Å². The number of nitrogens with zero attached hydrogens (tertiary/aromatic N) is 3. The largest absolute Gasteiger partial charge is 0.482 e. The normalized spacial score (nSPS) is 14.3. The Morgan fingerprint density at radius 3 is 2.20 bits per heavy atom. The number of hydrazine groups is 1. The molecule has 1 unspecified atom stereocenters. The molecular weight excluding hydrogens is 390 g/mol. The van der Waals surface area contributed by atoms with Gasteiger partial charge in [0.15, 0.2) is 6.10 Å². The molecule has 0 aliphatic carbocycles. The number of nitrogens with one attached hydrogen (secondary N) is 1. The van der Waals surface area contributed by atoms with Gasteiger partial charge in [-0.2, -0.15) is 5.53 Å². The maximum absolute atomic E-state index is 6.08. The molecular formula is C20H33N5O5. The number of ether oxygens (including phenoxy) is 5. The van der Waals surface area contributed by atoms with Crippen molar-refractivity contribution in [3.05, 3.63) is 42.2 Å². The van der Waals surface area contributed by atoms with Gasteiger partial charge in [-0.3, -0.25) is 5.01 Å². The van der Waals surface area contributed by atoms with Crippen LogP contribution in [0, 0.1) is 0 Å². The van der Waals surface area contributed by atoms with Crippen molar-refractivity contribution in [3.63, 3.8) is 0 Å². The van der Waals surface area contributed by atoms with E-state index in [4.69, 9.17) is 29.4 Å². The first kappa shape index (κ1) is 24.0. The van der Waals surface area contributed by atoms with Gasteiger partial charge in [-0.05, 0) is 25.1 Å². The fraction of sp³-hybridized carbons (Fsp3) is 0.600.